The first-order chi connectivity index (χ1) is 4.25. The third-order valence-electron chi connectivity index (χ3n) is 1.20. The fraction of sp³-hybridized carbons (Fsp3) is 0.400. The maximum absolute atomic E-state index is 10.7. The number of H-pyrrole nitrogens is 1. The van der Waals surface area contributed by atoms with E-state index in [-0.39, 0.29) is 5.56 Å². The molecule has 0 amide bonds. The van der Waals surface area contributed by atoms with Gasteiger partial charge in [0.25, 0.3) is 5.56 Å². The van der Waals surface area contributed by atoms with Gasteiger partial charge < -0.3 is 5.73 Å². The summed E-state index contributed by atoms with van der Waals surface area (Å²) >= 11 is 1.34. The lowest BCUT2D eigenvalue weighted by atomic mass is 10.3. The average molecular weight is 144 g/mol. The molecule has 0 bridgehead atoms. The van der Waals surface area contributed by atoms with Crippen LogP contribution in [0.4, 0.5) is 0 Å². The molecule has 0 spiro atoms. The Kier molecular flexibility index (Phi) is 1.68. The van der Waals surface area contributed by atoms with Crippen molar-refractivity contribution in [3.05, 3.63) is 20.8 Å². The number of hydrogen-bond acceptors (Lipinski definition) is 3. The lowest BCUT2D eigenvalue weighted by molar-refractivity contribution is 1.04. The number of nitrogens with two attached hydrogens (primary N) is 1. The predicted octanol–water partition coefficient (Wildman–Crippen LogP) is 0.204. The maximum Gasteiger partial charge on any atom is 0.262 e. The summed E-state index contributed by atoms with van der Waals surface area (Å²) in [7, 11) is 0. The molecule has 0 aromatic carbocycles. The summed E-state index contributed by atoms with van der Waals surface area (Å²) in [6.45, 7) is 2.22. The van der Waals surface area contributed by atoms with Crippen molar-refractivity contribution >= 4 is 11.5 Å². The first kappa shape index (κ1) is 6.51. The molecular formula is C5H8N2OS. The Morgan fingerprint density at radius 3 is 2.67 bits per heavy atom. The smallest absolute Gasteiger partial charge is 0.262 e. The van der Waals surface area contributed by atoms with Crippen LogP contribution in [0, 0.1) is 6.92 Å². The van der Waals surface area contributed by atoms with Crippen LogP contribution in [-0.4, -0.2) is 4.37 Å². The van der Waals surface area contributed by atoms with Gasteiger partial charge in [0.15, 0.2) is 0 Å². The summed E-state index contributed by atoms with van der Waals surface area (Å²) in [5, 5.41) is 0. The molecule has 0 saturated heterocycles. The zero-order valence-electron chi connectivity index (χ0n) is 5.10. The van der Waals surface area contributed by atoms with Crippen molar-refractivity contribution < 1.29 is 0 Å². The third-order valence-corrected chi connectivity index (χ3v) is 2.04. The highest BCUT2D eigenvalue weighted by Gasteiger charge is 2.01. The Balaban J connectivity index is 3.23. The molecule has 1 heterocycles. The van der Waals surface area contributed by atoms with E-state index in [1.54, 1.807) is 0 Å². The molecule has 0 unspecified atom stereocenters. The summed E-state index contributed by atoms with van der Waals surface area (Å²) in [6.07, 6.45) is 0. The molecule has 1 rings (SSSR count). The van der Waals surface area contributed by atoms with Crippen molar-refractivity contribution in [1.82, 2.24) is 4.37 Å². The normalized spacial score (nSPS) is 10.0. The molecule has 0 fully saturated rings. The fourth-order valence-electron chi connectivity index (χ4n) is 0.642. The Bertz CT molecular complexity index is 250. The van der Waals surface area contributed by atoms with Crippen LogP contribution in [-0.2, 0) is 6.54 Å². The van der Waals surface area contributed by atoms with E-state index in [1.807, 2.05) is 6.92 Å². The Morgan fingerprint density at radius 1 is 1.78 bits per heavy atom. The zero-order valence-corrected chi connectivity index (χ0v) is 5.92. The van der Waals surface area contributed by atoms with E-state index < -0.39 is 0 Å². The Labute approximate surface area is 56.7 Å². The average Bonchev–Trinajstić information content (AvgIpc) is 2.12. The molecule has 0 aliphatic rings. The van der Waals surface area contributed by atoms with Gasteiger partial charge in [0.05, 0.1) is 0 Å². The van der Waals surface area contributed by atoms with Crippen molar-refractivity contribution in [2.24, 2.45) is 5.73 Å². The Hall–Kier alpha value is -0.610. The monoisotopic (exact) mass is 144 g/mol. The van der Waals surface area contributed by atoms with E-state index in [2.05, 4.69) is 4.37 Å². The molecule has 0 aliphatic heterocycles. The van der Waals surface area contributed by atoms with E-state index in [1.165, 1.54) is 11.5 Å². The number of aromatic nitrogens is 1. The van der Waals surface area contributed by atoms with Crippen molar-refractivity contribution in [3.63, 3.8) is 0 Å². The topological polar surface area (TPSA) is 58.9 Å². The number of aromatic amines is 1. The first-order valence-electron chi connectivity index (χ1n) is 2.62. The van der Waals surface area contributed by atoms with Crippen molar-refractivity contribution in [3.8, 4) is 0 Å². The number of hydrogen-bond donors (Lipinski definition) is 2. The van der Waals surface area contributed by atoms with Gasteiger partial charge in [0.2, 0.25) is 0 Å². The molecule has 0 radical (unpaired) electrons. The zero-order chi connectivity index (χ0) is 6.85. The third kappa shape index (κ3) is 1.04. The second-order valence-electron chi connectivity index (χ2n) is 1.77. The largest absolute Gasteiger partial charge is 0.326 e. The molecule has 0 aliphatic carbocycles. The molecular weight excluding hydrogens is 136 g/mol. The van der Waals surface area contributed by atoms with Crippen LogP contribution in [0.3, 0.4) is 0 Å². The van der Waals surface area contributed by atoms with Crippen LogP contribution in [0.1, 0.15) is 10.4 Å². The molecule has 4 heteroatoms. The molecule has 0 atom stereocenters. The molecule has 50 valence electrons. The standard InChI is InChI=1S/C5H8N2OS/c1-3-4(2-6)5(8)7-9-3/h2,6H2,1H3,(H,7,8). The van der Waals surface area contributed by atoms with E-state index in [9.17, 15) is 4.79 Å². The highest BCUT2D eigenvalue weighted by atomic mass is 32.1. The number of rotatable bonds is 1. The SMILES string of the molecule is Cc1s[nH]c(=O)c1CN. The van der Waals surface area contributed by atoms with Gasteiger partial charge in [-0.05, 0) is 6.92 Å². The maximum atomic E-state index is 10.7. The van der Waals surface area contributed by atoms with Gasteiger partial charge in [0.1, 0.15) is 0 Å². The van der Waals surface area contributed by atoms with Crippen LogP contribution in [0.15, 0.2) is 4.79 Å². The predicted molar refractivity (Wildman–Crippen MR) is 37.6 cm³/mol. The highest BCUT2D eigenvalue weighted by Crippen LogP contribution is 2.04. The van der Waals surface area contributed by atoms with Crippen molar-refractivity contribution in [1.29, 1.82) is 0 Å². The number of aryl methyl sites for hydroxylation is 1. The van der Waals surface area contributed by atoms with Gasteiger partial charge in [-0.15, -0.1) is 0 Å². The van der Waals surface area contributed by atoms with Gasteiger partial charge in [-0.2, -0.15) is 0 Å². The molecule has 1 aromatic heterocycles. The minimum atomic E-state index is -0.0417. The van der Waals surface area contributed by atoms with E-state index in [0.717, 1.165) is 4.88 Å². The first-order valence-corrected chi connectivity index (χ1v) is 3.44. The van der Waals surface area contributed by atoms with Gasteiger partial charge in [-0.1, -0.05) is 11.5 Å². The van der Waals surface area contributed by atoms with Crippen LogP contribution >= 0.6 is 11.5 Å². The summed E-state index contributed by atoms with van der Waals surface area (Å²) in [6, 6.07) is 0. The van der Waals surface area contributed by atoms with Gasteiger partial charge >= 0.3 is 0 Å². The van der Waals surface area contributed by atoms with Crippen LogP contribution in [0.25, 0.3) is 0 Å². The van der Waals surface area contributed by atoms with E-state index in [0.29, 0.717) is 12.1 Å². The van der Waals surface area contributed by atoms with Gasteiger partial charge in [-0.3, -0.25) is 9.17 Å². The van der Waals surface area contributed by atoms with E-state index in [4.69, 9.17) is 5.73 Å². The minimum absolute atomic E-state index is 0.0417. The molecule has 1 aromatic rings. The van der Waals surface area contributed by atoms with Crippen LogP contribution in [0.2, 0.25) is 0 Å². The lowest BCUT2D eigenvalue weighted by Crippen LogP contribution is -2.10. The molecule has 9 heavy (non-hydrogen) atoms. The summed E-state index contributed by atoms with van der Waals surface area (Å²) in [4.78, 5) is 11.7. The quantitative estimate of drug-likeness (QED) is 0.591. The van der Waals surface area contributed by atoms with Gasteiger partial charge in [-0.25, -0.2) is 0 Å². The fourth-order valence-corrected chi connectivity index (χ4v) is 1.31. The Morgan fingerprint density at radius 2 is 2.44 bits per heavy atom. The summed E-state index contributed by atoms with van der Waals surface area (Å²) in [5.74, 6) is 0. The van der Waals surface area contributed by atoms with Crippen molar-refractivity contribution in [2.75, 3.05) is 0 Å². The summed E-state index contributed by atoms with van der Waals surface area (Å²) in [5.41, 5.74) is 5.95. The number of nitrogens with one attached hydrogen (secondary N) is 1. The molecule has 3 N–H and O–H groups in total. The second kappa shape index (κ2) is 2.33. The molecule has 0 saturated carbocycles. The van der Waals surface area contributed by atoms with Gasteiger partial charge in [0, 0.05) is 17.0 Å². The lowest BCUT2D eigenvalue weighted by Gasteiger charge is -1.85. The van der Waals surface area contributed by atoms with Crippen molar-refractivity contribution in [2.45, 2.75) is 13.5 Å². The molecule has 3 nitrogen and oxygen atoms in total. The second-order valence-corrected chi connectivity index (χ2v) is 2.79. The van der Waals surface area contributed by atoms with Crippen LogP contribution < -0.4 is 11.3 Å². The van der Waals surface area contributed by atoms with E-state index >= 15 is 0 Å². The minimum Gasteiger partial charge on any atom is -0.326 e. The summed E-state index contributed by atoms with van der Waals surface area (Å²) < 4.78 is 2.59. The van der Waals surface area contributed by atoms with Crippen LogP contribution in [0.5, 0.6) is 0 Å². The highest BCUT2D eigenvalue weighted by molar-refractivity contribution is 7.05.